The van der Waals surface area contributed by atoms with E-state index >= 15 is 0 Å². The van der Waals surface area contributed by atoms with Gasteiger partial charge in [0.05, 0.1) is 6.10 Å². The van der Waals surface area contributed by atoms with Gasteiger partial charge in [0.1, 0.15) is 25.4 Å². The van der Waals surface area contributed by atoms with E-state index in [9.17, 15) is 14.7 Å². The Balaban J connectivity index is 4.09. The first-order valence-electron chi connectivity index (χ1n) is 6.83. The lowest BCUT2D eigenvalue weighted by atomic mass is 10.3. The number of esters is 2. The van der Waals surface area contributed by atoms with Gasteiger partial charge in [0, 0.05) is 19.6 Å². The smallest absolute Gasteiger partial charge is 0.334 e. The van der Waals surface area contributed by atoms with Crippen LogP contribution in [-0.2, 0) is 19.1 Å². The molecule has 0 aromatic rings. The normalized spacial score (nSPS) is 15.4. The zero-order chi connectivity index (χ0) is 16.4. The molecule has 0 aromatic carbocycles. The Hall–Kier alpha value is -1.22. The molecule has 8 heteroatoms. The van der Waals surface area contributed by atoms with Crippen LogP contribution in [0.5, 0.6) is 0 Å². The van der Waals surface area contributed by atoms with E-state index in [1.807, 2.05) is 0 Å². The number of nitrogens with zero attached hydrogens (tertiary/aromatic N) is 1. The lowest BCUT2D eigenvalue weighted by molar-refractivity contribution is -0.153. The Morgan fingerprint density at radius 3 is 1.57 bits per heavy atom. The molecular weight excluding hydrogens is 282 g/mol. The largest absolute Gasteiger partial charge is 0.462 e. The van der Waals surface area contributed by atoms with Crippen molar-refractivity contribution in [2.75, 3.05) is 32.8 Å². The number of carbonyl (C=O) groups excluding carboxylic acids is 2. The fourth-order valence-electron chi connectivity index (χ4n) is 1.46. The van der Waals surface area contributed by atoms with E-state index < -0.39 is 30.3 Å². The number of ether oxygens (including phenoxy) is 2. The molecule has 124 valence electrons. The van der Waals surface area contributed by atoms with Gasteiger partial charge in [-0.2, -0.15) is 0 Å². The van der Waals surface area contributed by atoms with Crippen LogP contribution in [0.25, 0.3) is 0 Å². The molecule has 0 radical (unpaired) electrons. The van der Waals surface area contributed by atoms with Crippen LogP contribution in [0.4, 0.5) is 0 Å². The molecule has 0 saturated heterocycles. The second kappa shape index (κ2) is 10.5. The predicted molar refractivity (Wildman–Crippen MR) is 73.4 cm³/mol. The lowest BCUT2D eigenvalue weighted by Gasteiger charge is -2.23. The molecule has 3 atom stereocenters. The molecule has 0 aromatic heterocycles. The Kier molecular flexibility index (Phi) is 9.89. The third-order valence-corrected chi connectivity index (χ3v) is 2.51. The van der Waals surface area contributed by atoms with E-state index in [0.29, 0.717) is 19.6 Å². The van der Waals surface area contributed by atoms with Gasteiger partial charge in [0.2, 0.25) is 0 Å². The van der Waals surface area contributed by atoms with E-state index in [4.69, 9.17) is 19.7 Å². The molecule has 8 nitrogen and oxygen atoms in total. The zero-order valence-corrected chi connectivity index (χ0v) is 12.7. The summed E-state index contributed by atoms with van der Waals surface area (Å²) >= 11 is 0. The minimum atomic E-state index is -1.18. The quantitative estimate of drug-likeness (QED) is 0.418. The molecule has 0 aliphatic carbocycles. The Labute approximate surface area is 124 Å². The van der Waals surface area contributed by atoms with Gasteiger partial charge in [-0.3, -0.25) is 4.90 Å². The van der Waals surface area contributed by atoms with E-state index in [0.717, 1.165) is 0 Å². The average Bonchev–Trinajstić information content (AvgIpc) is 2.37. The van der Waals surface area contributed by atoms with Crippen LogP contribution in [0.15, 0.2) is 0 Å². The molecule has 0 rings (SSSR count). The maximum absolute atomic E-state index is 11.1. The highest BCUT2D eigenvalue weighted by Crippen LogP contribution is 1.96. The van der Waals surface area contributed by atoms with Crippen molar-refractivity contribution in [1.29, 1.82) is 0 Å². The van der Waals surface area contributed by atoms with E-state index in [-0.39, 0.29) is 13.2 Å². The van der Waals surface area contributed by atoms with Crippen molar-refractivity contribution in [3.05, 3.63) is 0 Å². The van der Waals surface area contributed by atoms with Crippen LogP contribution in [0, 0.1) is 0 Å². The number of aliphatic hydroxyl groups is 3. The lowest BCUT2D eigenvalue weighted by Crippen LogP contribution is -2.38. The summed E-state index contributed by atoms with van der Waals surface area (Å²) in [5.41, 5.74) is 0. The third kappa shape index (κ3) is 10.2. The van der Waals surface area contributed by atoms with Crippen molar-refractivity contribution in [2.24, 2.45) is 0 Å². The van der Waals surface area contributed by atoms with Crippen molar-refractivity contribution < 1.29 is 34.4 Å². The second-order valence-electron chi connectivity index (χ2n) is 4.84. The second-order valence-corrected chi connectivity index (χ2v) is 4.84. The molecule has 0 amide bonds. The van der Waals surface area contributed by atoms with Gasteiger partial charge in [0.25, 0.3) is 0 Å². The number of aliphatic hydroxyl groups excluding tert-OH is 3. The molecule has 0 bridgehead atoms. The number of hydrogen-bond donors (Lipinski definition) is 3. The maximum atomic E-state index is 11.1. The fourth-order valence-corrected chi connectivity index (χ4v) is 1.46. The van der Waals surface area contributed by atoms with Gasteiger partial charge in [-0.05, 0) is 20.8 Å². The van der Waals surface area contributed by atoms with Crippen molar-refractivity contribution in [3.63, 3.8) is 0 Å². The molecule has 0 fully saturated rings. The van der Waals surface area contributed by atoms with E-state index in [1.165, 1.54) is 13.8 Å². The first-order valence-corrected chi connectivity index (χ1v) is 6.83. The number of carbonyl (C=O) groups is 2. The van der Waals surface area contributed by atoms with Gasteiger partial charge in [-0.15, -0.1) is 0 Å². The highest BCUT2D eigenvalue weighted by Gasteiger charge is 2.14. The van der Waals surface area contributed by atoms with Gasteiger partial charge < -0.3 is 24.8 Å². The summed E-state index contributed by atoms with van der Waals surface area (Å²) in [6.07, 6.45) is -2.95. The summed E-state index contributed by atoms with van der Waals surface area (Å²) in [5.74, 6) is -1.43. The summed E-state index contributed by atoms with van der Waals surface area (Å²) < 4.78 is 9.64. The summed E-state index contributed by atoms with van der Waals surface area (Å²) in [6, 6.07) is 0. The predicted octanol–water partition coefficient (Wildman–Crippen LogP) is -1.48. The highest BCUT2D eigenvalue weighted by molar-refractivity contribution is 5.74. The van der Waals surface area contributed by atoms with Crippen LogP contribution in [0.1, 0.15) is 20.8 Å². The maximum Gasteiger partial charge on any atom is 0.334 e. The van der Waals surface area contributed by atoms with Gasteiger partial charge in [0.15, 0.2) is 0 Å². The molecule has 0 saturated carbocycles. The average molecular weight is 307 g/mol. The van der Waals surface area contributed by atoms with Crippen molar-refractivity contribution in [3.8, 4) is 0 Å². The molecule has 0 aliphatic rings. The molecule has 3 N–H and O–H groups in total. The minimum absolute atomic E-state index is 0.0564. The topological polar surface area (TPSA) is 117 Å². The highest BCUT2D eigenvalue weighted by atomic mass is 16.6. The zero-order valence-electron chi connectivity index (χ0n) is 12.7. The fraction of sp³-hybridized carbons (Fsp3) is 0.846. The van der Waals surface area contributed by atoms with Gasteiger partial charge in [-0.25, -0.2) is 9.59 Å². The first-order chi connectivity index (χ1) is 9.73. The summed E-state index contributed by atoms with van der Waals surface area (Å²) in [7, 11) is 0. The number of hydrogen-bond acceptors (Lipinski definition) is 8. The standard InChI is InChI=1S/C13H25NO7/c1-9(15)8-14(4-6-20-12(18)10(2)16)5-7-21-13(19)11(3)17/h9-11,15-17H,4-8H2,1-3H3. The molecular formula is C13H25NO7. The monoisotopic (exact) mass is 307 g/mol. The van der Waals surface area contributed by atoms with Crippen molar-refractivity contribution in [2.45, 2.75) is 39.1 Å². The Morgan fingerprint density at radius 2 is 1.29 bits per heavy atom. The molecule has 0 aliphatic heterocycles. The summed E-state index contributed by atoms with van der Waals surface area (Å²) in [4.78, 5) is 23.9. The Bertz CT molecular complexity index is 292. The number of rotatable bonds is 10. The van der Waals surface area contributed by atoms with Crippen LogP contribution < -0.4 is 0 Å². The molecule has 0 heterocycles. The van der Waals surface area contributed by atoms with Gasteiger partial charge >= 0.3 is 11.9 Å². The van der Waals surface area contributed by atoms with Crippen LogP contribution in [0.3, 0.4) is 0 Å². The van der Waals surface area contributed by atoms with Crippen LogP contribution in [-0.4, -0.2) is 83.3 Å². The molecule has 3 unspecified atom stereocenters. The summed E-state index contributed by atoms with van der Waals surface area (Å²) in [5, 5.41) is 27.3. The molecule has 0 spiro atoms. The van der Waals surface area contributed by atoms with Crippen LogP contribution >= 0.6 is 0 Å². The van der Waals surface area contributed by atoms with Crippen molar-refractivity contribution >= 4 is 11.9 Å². The SMILES string of the molecule is CC(O)CN(CCOC(=O)C(C)O)CCOC(=O)C(C)O. The van der Waals surface area contributed by atoms with Gasteiger partial charge in [-0.1, -0.05) is 0 Å². The van der Waals surface area contributed by atoms with E-state index in [1.54, 1.807) is 11.8 Å². The van der Waals surface area contributed by atoms with Crippen LogP contribution in [0.2, 0.25) is 0 Å². The molecule has 21 heavy (non-hydrogen) atoms. The minimum Gasteiger partial charge on any atom is -0.462 e. The summed E-state index contributed by atoms with van der Waals surface area (Å²) in [6.45, 7) is 5.32. The third-order valence-electron chi connectivity index (χ3n) is 2.51. The first kappa shape index (κ1) is 19.8. The Morgan fingerprint density at radius 1 is 0.905 bits per heavy atom. The van der Waals surface area contributed by atoms with Crippen molar-refractivity contribution in [1.82, 2.24) is 4.90 Å². The van der Waals surface area contributed by atoms with E-state index in [2.05, 4.69) is 0 Å².